The molecule has 0 radical (unpaired) electrons. The molecule has 11 nitrogen and oxygen atoms in total. The van der Waals surface area contributed by atoms with Crippen LogP contribution in [0.2, 0.25) is 0 Å². The molecule has 5 aromatic rings. The minimum Gasteiger partial charge on any atom is -0.343 e. The number of rotatable bonds is 8. The maximum atomic E-state index is 13.8. The number of non-ortho nitro benzene ring substituents is 1. The van der Waals surface area contributed by atoms with Gasteiger partial charge in [0.2, 0.25) is 0 Å². The molecular formula is C31H25N5O6S. The quantitative estimate of drug-likeness (QED) is 0.202. The third-order valence-corrected chi connectivity index (χ3v) is 8.79. The number of nitrogens with zero attached hydrogens (tertiary/aromatic N) is 3. The molecule has 1 aliphatic heterocycles. The molecular weight excluding hydrogens is 570 g/mol. The summed E-state index contributed by atoms with van der Waals surface area (Å²) in [4.78, 5) is 40.4. The number of fused-ring (bicyclic) bond motifs is 2. The number of nitro benzene ring substituents is 1. The zero-order valence-electron chi connectivity index (χ0n) is 22.8. The van der Waals surface area contributed by atoms with E-state index in [9.17, 15) is 28.1 Å². The van der Waals surface area contributed by atoms with Crippen molar-refractivity contribution in [3.05, 3.63) is 130 Å². The van der Waals surface area contributed by atoms with Crippen molar-refractivity contribution in [3.63, 3.8) is 0 Å². The van der Waals surface area contributed by atoms with Crippen molar-refractivity contribution >= 4 is 38.4 Å². The number of aryl methyl sites for hydroxylation is 1. The number of hydrogen-bond donors (Lipinski definition) is 2. The Morgan fingerprint density at radius 1 is 0.907 bits per heavy atom. The van der Waals surface area contributed by atoms with E-state index in [0.717, 1.165) is 57.6 Å². The van der Waals surface area contributed by atoms with Crippen LogP contribution in [-0.4, -0.2) is 41.2 Å². The number of nitrogens with one attached hydrogen (secondary N) is 2. The Morgan fingerprint density at radius 2 is 1.56 bits per heavy atom. The van der Waals surface area contributed by atoms with E-state index < -0.39 is 33.4 Å². The zero-order chi connectivity index (χ0) is 30.3. The Labute approximate surface area is 246 Å². The fraction of sp³-hybridized carbons (Fsp3) is 0.0968. The van der Waals surface area contributed by atoms with Gasteiger partial charge in [0.15, 0.2) is 0 Å². The van der Waals surface area contributed by atoms with Gasteiger partial charge in [-0.2, -0.15) is 0 Å². The predicted molar refractivity (Wildman–Crippen MR) is 159 cm³/mol. The van der Waals surface area contributed by atoms with Crippen LogP contribution in [0.5, 0.6) is 0 Å². The largest absolute Gasteiger partial charge is 0.343 e. The SMILES string of the molecule is Cn1c(-c2ccccc2)c(C2c3ccccc3C(=O)N2CC(=O)NNS(=O)(=O)c2ccc([N+](=O)[O-])cc2)c2ccccc21. The van der Waals surface area contributed by atoms with E-state index in [2.05, 4.69) is 9.99 Å². The fourth-order valence-corrected chi connectivity index (χ4v) is 6.47. The van der Waals surface area contributed by atoms with Crippen LogP contribution in [0.4, 0.5) is 5.69 Å². The van der Waals surface area contributed by atoms with Gasteiger partial charge in [0, 0.05) is 41.2 Å². The molecule has 0 saturated heterocycles. The molecule has 0 spiro atoms. The molecule has 43 heavy (non-hydrogen) atoms. The lowest BCUT2D eigenvalue weighted by atomic mass is 9.93. The molecule has 4 aromatic carbocycles. The van der Waals surface area contributed by atoms with Gasteiger partial charge in [-0.05, 0) is 35.4 Å². The van der Waals surface area contributed by atoms with E-state index in [1.165, 1.54) is 4.90 Å². The average molecular weight is 596 g/mol. The lowest BCUT2D eigenvalue weighted by Crippen LogP contribution is -2.47. The summed E-state index contributed by atoms with van der Waals surface area (Å²) in [5, 5.41) is 11.8. The standard InChI is InChI=1S/C31H25N5O6S/c1-34-26-14-8-7-13-25(26)28(29(34)20-9-3-2-4-10-20)30-23-11-5-6-12-24(23)31(38)35(30)19-27(37)32-33-43(41,42)22-17-15-21(16-18-22)36(39)40/h2-18,30,33H,19H2,1H3,(H,32,37). The van der Waals surface area contributed by atoms with E-state index in [0.29, 0.717) is 5.56 Å². The van der Waals surface area contributed by atoms with Crippen molar-refractivity contribution in [1.82, 2.24) is 19.7 Å². The molecule has 1 atom stereocenters. The van der Waals surface area contributed by atoms with Crippen molar-refractivity contribution in [2.24, 2.45) is 7.05 Å². The van der Waals surface area contributed by atoms with Crippen LogP contribution in [0.25, 0.3) is 22.2 Å². The van der Waals surface area contributed by atoms with Crippen molar-refractivity contribution in [2.45, 2.75) is 10.9 Å². The maximum Gasteiger partial charge on any atom is 0.269 e. The minimum absolute atomic E-state index is 0.274. The molecule has 0 bridgehead atoms. The highest BCUT2D eigenvalue weighted by Crippen LogP contribution is 2.46. The van der Waals surface area contributed by atoms with Gasteiger partial charge in [0.1, 0.15) is 6.54 Å². The molecule has 2 amide bonds. The van der Waals surface area contributed by atoms with Crippen LogP contribution < -0.4 is 10.3 Å². The van der Waals surface area contributed by atoms with Crippen LogP contribution >= 0.6 is 0 Å². The topological polar surface area (TPSA) is 144 Å². The molecule has 1 aromatic heterocycles. The summed E-state index contributed by atoms with van der Waals surface area (Å²) in [6.45, 7) is -0.446. The summed E-state index contributed by atoms with van der Waals surface area (Å²) < 4.78 is 27.6. The first-order chi connectivity index (χ1) is 20.7. The number of carbonyl (C=O) groups is 2. The molecule has 6 rings (SSSR count). The Kier molecular flexibility index (Phi) is 7.00. The average Bonchev–Trinajstić information content (AvgIpc) is 3.46. The normalized spacial score (nSPS) is 14.6. The molecule has 1 unspecified atom stereocenters. The van der Waals surface area contributed by atoms with Crippen molar-refractivity contribution < 1.29 is 22.9 Å². The van der Waals surface area contributed by atoms with Gasteiger partial charge in [-0.25, -0.2) is 8.42 Å². The van der Waals surface area contributed by atoms with Crippen LogP contribution in [-0.2, 0) is 21.9 Å². The minimum atomic E-state index is -4.24. The molecule has 2 N–H and O–H groups in total. The zero-order valence-corrected chi connectivity index (χ0v) is 23.6. The van der Waals surface area contributed by atoms with Crippen molar-refractivity contribution in [3.8, 4) is 11.3 Å². The number of sulfonamides is 1. The predicted octanol–water partition coefficient (Wildman–Crippen LogP) is 4.31. The third-order valence-electron chi connectivity index (χ3n) is 7.52. The van der Waals surface area contributed by atoms with Crippen LogP contribution in [0, 0.1) is 10.1 Å². The lowest BCUT2D eigenvalue weighted by molar-refractivity contribution is -0.384. The maximum absolute atomic E-state index is 13.8. The number of para-hydroxylation sites is 1. The van der Waals surface area contributed by atoms with Gasteiger partial charge >= 0.3 is 0 Å². The van der Waals surface area contributed by atoms with Crippen molar-refractivity contribution in [2.75, 3.05) is 6.54 Å². The van der Waals surface area contributed by atoms with Gasteiger partial charge in [0.05, 0.1) is 21.6 Å². The van der Waals surface area contributed by atoms with Gasteiger partial charge in [0.25, 0.3) is 27.5 Å². The molecule has 12 heteroatoms. The van der Waals surface area contributed by atoms with E-state index in [1.54, 1.807) is 12.1 Å². The molecule has 0 fully saturated rings. The summed E-state index contributed by atoms with van der Waals surface area (Å²) in [7, 11) is -2.28. The Bertz CT molecular complexity index is 2010. The summed E-state index contributed by atoms with van der Waals surface area (Å²) in [6.07, 6.45) is 0. The van der Waals surface area contributed by atoms with Gasteiger partial charge < -0.3 is 9.47 Å². The highest BCUT2D eigenvalue weighted by atomic mass is 32.2. The monoisotopic (exact) mass is 595 g/mol. The second-order valence-electron chi connectivity index (χ2n) is 10.0. The number of hydrogen-bond acceptors (Lipinski definition) is 6. The van der Waals surface area contributed by atoms with E-state index in [-0.39, 0.29) is 16.5 Å². The second kappa shape index (κ2) is 10.8. The second-order valence-corrected chi connectivity index (χ2v) is 11.7. The highest BCUT2D eigenvalue weighted by Gasteiger charge is 2.41. The van der Waals surface area contributed by atoms with Gasteiger partial charge in [-0.1, -0.05) is 66.7 Å². The summed E-state index contributed by atoms with van der Waals surface area (Å²) in [5.41, 5.74) is 6.73. The number of nitro groups is 1. The summed E-state index contributed by atoms with van der Waals surface area (Å²) in [5.74, 6) is -1.13. The molecule has 0 aliphatic carbocycles. The van der Waals surface area contributed by atoms with Crippen LogP contribution in [0.3, 0.4) is 0 Å². The van der Waals surface area contributed by atoms with Crippen LogP contribution in [0.15, 0.2) is 108 Å². The Morgan fingerprint density at radius 3 is 2.28 bits per heavy atom. The first-order valence-corrected chi connectivity index (χ1v) is 14.7. The van der Waals surface area contributed by atoms with E-state index >= 15 is 0 Å². The third kappa shape index (κ3) is 4.92. The number of aromatic nitrogens is 1. The summed E-state index contributed by atoms with van der Waals surface area (Å²) >= 11 is 0. The van der Waals surface area contributed by atoms with E-state index in [4.69, 9.17) is 0 Å². The first kappa shape index (κ1) is 27.8. The molecule has 0 saturated carbocycles. The molecule has 1 aliphatic rings. The lowest BCUT2D eigenvalue weighted by Gasteiger charge is -2.26. The molecule has 216 valence electrons. The smallest absolute Gasteiger partial charge is 0.269 e. The number of hydrazine groups is 1. The number of carbonyl (C=O) groups excluding carboxylic acids is 2. The van der Waals surface area contributed by atoms with Crippen molar-refractivity contribution in [1.29, 1.82) is 0 Å². The molecule has 2 heterocycles. The summed E-state index contributed by atoms with van der Waals surface area (Å²) in [6, 6.07) is 28.4. The number of amides is 2. The van der Waals surface area contributed by atoms with Gasteiger partial charge in [-0.3, -0.25) is 25.1 Å². The Balaban J connectivity index is 1.36. The fourth-order valence-electron chi connectivity index (χ4n) is 5.61. The Hall–Kier alpha value is -5.33. The van der Waals surface area contributed by atoms with Crippen LogP contribution in [0.1, 0.15) is 27.5 Å². The first-order valence-electron chi connectivity index (χ1n) is 13.2. The number of benzene rings is 4. The van der Waals surface area contributed by atoms with E-state index in [1.807, 2.05) is 78.6 Å². The highest BCUT2D eigenvalue weighted by molar-refractivity contribution is 7.89. The van der Waals surface area contributed by atoms with Gasteiger partial charge in [-0.15, -0.1) is 4.83 Å².